The predicted molar refractivity (Wildman–Crippen MR) is 102 cm³/mol. The SMILES string of the molecule is CN=C(NCCC1=CCCCC1)NCc1ccc(C(N)=O)o1.I. The number of nitrogens with one attached hydrogen (secondary N) is 2. The van der Waals surface area contributed by atoms with Crippen LogP contribution in [0.4, 0.5) is 0 Å². The number of primary amides is 1. The second-order valence-electron chi connectivity index (χ2n) is 5.34. The van der Waals surface area contributed by atoms with Gasteiger partial charge in [-0.2, -0.15) is 0 Å². The number of aliphatic imine (C=N–C) groups is 1. The first-order valence-corrected chi connectivity index (χ1v) is 7.70. The molecule has 2 rings (SSSR count). The van der Waals surface area contributed by atoms with Gasteiger partial charge in [-0.1, -0.05) is 11.6 Å². The summed E-state index contributed by atoms with van der Waals surface area (Å²) in [7, 11) is 1.73. The van der Waals surface area contributed by atoms with Crippen LogP contribution in [-0.2, 0) is 6.54 Å². The van der Waals surface area contributed by atoms with Crippen molar-refractivity contribution in [3.63, 3.8) is 0 Å². The van der Waals surface area contributed by atoms with Crippen molar-refractivity contribution >= 4 is 35.8 Å². The summed E-state index contributed by atoms with van der Waals surface area (Å²) in [5, 5.41) is 6.43. The molecule has 1 aromatic heterocycles. The minimum Gasteiger partial charge on any atom is -0.454 e. The Balaban J connectivity index is 0.00000264. The van der Waals surface area contributed by atoms with Gasteiger partial charge in [0.1, 0.15) is 5.76 Å². The third-order valence-corrected chi connectivity index (χ3v) is 3.68. The van der Waals surface area contributed by atoms with Crippen LogP contribution in [0.3, 0.4) is 0 Å². The zero-order chi connectivity index (χ0) is 15.8. The molecule has 1 aliphatic rings. The number of guanidine groups is 1. The monoisotopic (exact) mass is 432 g/mol. The number of rotatable bonds is 6. The van der Waals surface area contributed by atoms with E-state index in [4.69, 9.17) is 10.2 Å². The van der Waals surface area contributed by atoms with Gasteiger partial charge >= 0.3 is 0 Å². The van der Waals surface area contributed by atoms with Gasteiger partial charge in [-0.3, -0.25) is 9.79 Å². The van der Waals surface area contributed by atoms with Gasteiger partial charge in [0.05, 0.1) is 6.54 Å². The molecule has 0 bridgehead atoms. The molecule has 1 aromatic rings. The molecule has 0 spiro atoms. The lowest BCUT2D eigenvalue weighted by Gasteiger charge is -2.14. The van der Waals surface area contributed by atoms with E-state index in [0.29, 0.717) is 18.3 Å². The quantitative estimate of drug-likeness (QED) is 0.279. The zero-order valence-corrected chi connectivity index (χ0v) is 15.8. The van der Waals surface area contributed by atoms with Crippen LogP contribution in [0.5, 0.6) is 0 Å². The molecule has 1 heterocycles. The summed E-state index contributed by atoms with van der Waals surface area (Å²) in [5.74, 6) is 0.971. The Morgan fingerprint density at radius 2 is 2.17 bits per heavy atom. The van der Waals surface area contributed by atoms with Crippen LogP contribution < -0.4 is 16.4 Å². The van der Waals surface area contributed by atoms with Crippen molar-refractivity contribution in [1.29, 1.82) is 0 Å². The minimum absolute atomic E-state index is 0. The number of nitrogens with zero attached hydrogens (tertiary/aromatic N) is 1. The first kappa shape index (κ1) is 19.5. The number of furan rings is 1. The number of amides is 1. The second-order valence-corrected chi connectivity index (χ2v) is 5.34. The molecule has 128 valence electrons. The summed E-state index contributed by atoms with van der Waals surface area (Å²) in [4.78, 5) is 15.1. The van der Waals surface area contributed by atoms with E-state index in [2.05, 4.69) is 21.7 Å². The van der Waals surface area contributed by atoms with Crippen molar-refractivity contribution in [1.82, 2.24) is 10.6 Å². The molecular formula is C16H25IN4O2. The van der Waals surface area contributed by atoms with Gasteiger partial charge in [-0.15, -0.1) is 24.0 Å². The van der Waals surface area contributed by atoms with Gasteiger partial charge in [0.15, 0.2) is 11.7 Å². The van der Waals surface area contributed by atoms with E-state index >= 15 is 0 Å². The van der Waals surface area contributed by atoms with E-state index in [0.717, 1.165) is 13.0 Å². The molecule has 23 heavy (non-hydrogen) atoms. The van der Waals surface area contributed by atoms with E-state index in [1.54, 1.807) is 19.2 Å². The molecule has 0 fully saturated rings. The Labute approximate surface area is 154 Å². The molecule has 7 heteroatoms. The molecule has 0 aromatic carbocycles. The lowest BCUT2D eigenvalue weighted by molar-refractivity contribution is 0.0972. The van der Waals surface area contributed by atoms with E-state index in [1.807, 2.05) is 0 Å². The minimum atomic E-state index is -0.561. The van der Waals surface area contributed by atoms with Crippen LogP contribution in [0.25, 0.3) is 0 Å². The molecule has 6 nitrogen and oxygen atoms in total. The first-order valence-electron chi connectivity index (χ1n) is 7.70. The fourth-order valence-electron chi connectivity index (χ4n) is 2.47. The van der Waals surface area contributed by atoms with Crippen molar-refractivity contribution < 1.29 is 9.21 Å². The first-order chi connectivity index (χ1) is 10.7. The average molecular weight is 432 g/mol. The zero-order valence-electron chi connectivity index (χ0n) is 13.4. The normalized spacial score (nSPS) is 14.7. The Bertz CT molecular complexity index is 566. The van der Waals surface area contributed by atoms with Gasteiger partial charge in [0, 0.05) is 13.6 Å². The summed E-state index contributed by atoms with van der Waals surface area (Å²) < 4.78 is 5.31. The topological polar surface area (TPSA) is 92.6 Å². The third-order valence-electron chi connectivity index (χ3n) is 3.68. The van der Waals surface area contributed by atoms with Crippen molar-refractivity contribution in [2.45, 2.75) is 38.6 Å². The third kappa shape index (κ3) is 6.64. The number of carbonyl (C=O) groups is 1. The smallest absolute Gasteiger partial charge is 0.284 e. The van der Waals surface area contributed by atoms with E-state index in [1.165, 1.54) is 31.3 Å². The second kappa shape index (κ2) is 10.3. The van der Waals surface area contributed by atoms with Gasteiger partial charge < -0.3 is 20.8 Å². The van der Waals surface area contributed by atoms with Crippen molar-refractivity contribution in [3.8, 4) is 0 Å². The molecule has 0 radical (unpaired) electrons. The maximum absolute atomic E-state index is 11.0. The Kier molecular flexibility index (Phi) is 8.75. The van der Waals surface area contributed by atoms with Crippen molar-refractivity contribution in [3.05, 3.63) is 35.3 Å². The molecule has 0 aliphatic heterocycles. The summed E-state index contributed by atoms with van der Waals surface area (Å²) in [5.41, 5.74) is 6.68. The maximum atomic E-state index is 11.0. The van der Waals surface area contributed by atoms with Gasteiger partial charge in [-0.25, -0.2) is 0 Å². The van der Waals surface area contributed by atoms with E-state index < -0.39 is 5.91 Å². The molecule has 1 amide bonds. The van der Waals surface area contributed by atoms with Crippen LogP contribution in [-0.4, -0.2) is 25.5 Å². The largest absolute Gasteiger partial charge is 0.454 e. The lowest BCUT2D eigenvalue weighted by atomic mass is 9.97. The van der Waals surface area contributed by atoms with Crippen molar-refractivity contribution in [2.75, 3.05) is 13.6 Å². The van der Waals surface area contributed by atoms with Crippen molar-refractivity contribution in [2.24, 2.45) is 10.7 Å². The highest BCUT2D eigenvalue weighted by atomic mass is 127. The van der Waals surface area contributed by atoms with Gasteiger partial charge in [-0.05, 0) is 44.2 Å². The van der Waals surface area contributed by atoms with Crippen LogP contribution in [0, 0.1) is 0 Å². The number of nitrogens with two attached hydrogens (primary N) is 1. The fourth-order valence-corrected chi connectivity index (χ4v) is 2.47. The van der Waals surface area contributed by atoms with Crippen LogP contribution >= 0.6 is 24.0 Å². The summed E-state index contributed by atoms with van der Waals surface area (Å²) in [6, 6.07) is 3.30. The van der Waals surface area contributed by atoms with E-state index in [-0.39, 0.29) is 29.7 Å². The fraction of sp³-hybridized carbons (Fsp3) is 0.500. The van der Waals surface area contributed by atoms with Crippen LogP contribution in [0.2, 0.25) is 0 Å². The standard InChI is InChI=1S/C16H24N4O2.HI/c1-18-16(19-10-9-12-5-3-2-4-6-12)20-11-13-7-8-14(22-13)15(17)21;/h5,7-8H,2-4,6,9-11H2,1H3,(H2,17,21)(H2,18,19,20);1H. The molecule has 4 N–H and O–H groups in total. The summed E-state index contributed by atoms with van der Waals surface area (Å²) >= 11 is 0. The molecule has 0 saturated heterocycles. The average Bonchev–Trinajstić information content (AvgIpc) is 3.01. The summed E-state index contributed by atoms with van der Waals surface area (Å²) in [6.45, 7) is 1.31. The number of halogens is 1. The number of hydrogen-bond donors (Lipinski definition) is 3. The Hall–Kier alpha value is -1.51. The molecule has 0 atom stereocenters. The molecule has 0 saturated carbocycles. The Morgan fingerprint density at radius 3 is 2.78 bits per heavy atom. The number of hydrogen-bond acceptors (Lipinski definition) is 3. The highest BCUT2D eigenvalue weighted by Gasteiger charge is 2.08. The molecular weight excluding hydrogens is 407 g/mol. The molecule has 0 unspecified atom stereocenters. The highest BCUT2D eigenvalue weighted by molar-refractivity contribution is 14.0. The molecule has 1 aliphatic carbocycles. The predicted octanol–water partition coefficient (Wildman–Crippen LogP) is 2.55. The number of carbonyl (C=O) groups excluding carboxylic acids is 1. The van der Waals surface area contributed by atoms with Crippen LogP contribution in [0.1, 0.15) is 48.4 Å². The highest BCUT2D eigenvalue weighted by Crippen LogP contribution is 2.19. The number of allylic oxidation sites excluding steroid dienone is 1. The summed E-state index contributed by atoms with van der Waals surface area (Å²) in [6.07, 6.45) is 8.46. The Morgan fingerprint density at radius 1 is 1.35 bits per heavy atom. The van der Waals surface area contributed by atoms with Gasteiger partial charge in [0.2, 0.25) is 0 Å². The van der Waals surface area contributed by atoms with Crippen LogP contribution in [0.15, 0.2) is 33.2 Å². The van der Waals surface area contributed by atoms with Gasteiger partial charge in [0.25, 0.3) is 5.91 Å². The van der Waals surface area contributed by atoms with E-state index in [9.17, 15) is 4.79 Å². The maximum Gasteiger partial charge on any atom is 0.284 e. The lowest BCUT2D eigenvalue weighted by Crippen LogP contribution is -2.37.